The third-order valence-corrected chi connectivity index (χ3v) is 4.02. The lowest BCUT2D eigenvalue weighted by Crippen LogP contribution is -2.28. The molecule has 2 rings (SSSR count). The predicted molar refractivity (Wildman–Crippen MR) is 102 cm³/mol. The van der Waals surface area contributed by atoms with Crippen LogP contribution in [0.5, 0.6) is 0 Å². The van der Waals surface area contributed by atoms with E-state index < -0.39 is 0 Å². The van der Waals surface area contributed by atoms with Crippen molar-refractivity contribution in [2.75, 3.05) is 27.2 Å². The van der Waals surface area contributed by atoms with Crippen molar-refractivity contribution >= 4 is 11.8 Å². The Morgan fingerprint density at radius 1 is 1.08 bits per heavy atom. The van der Waals surface area contributed by atoms with E-state index in [0.717, 1.165) is 24.1 Å². The number of aryl methyl sites for hydroxylation is 1. The molecule has 0 unspecified atom stereocenters. The second kappa shape index (κ2) is 9.68. The van der Waals surface area contributed by atoms with Gasteiger partial charge in [-0.15, -0.1) is 0 Å². The van der Waals surface area contributed by atoms with Crippen LogP contribution in [0.1, 0.15) is 38.4 Å². The van der Waals surface area contributed by atoms with Gasteiger partial charge in [0.2, 0.25) is 0 Å². The number of amides is 2. The van der Waals surface area contributed by atoms with Crippen molar-refractivity contribution in [1.82, 2.24) is 20.5 Å². The monoisotopic (exact) mass is 354 g/mol. The van der Waals surface area contributed by atoms with Crippen molar-refractivity contribution < 1.29 is 9.59 Å². The van der Waals surface area contributed by atoms with Crippen LogP contribution in [0.15, 0.2) is 42.6 Å². The second-order valence-electron chi connectivity index (χ2n) is 6.45. The van der Waals surface area contributed by atoms with Crippen molar-refractivity contribution in [2.45, 2.75) is 19.9 Å². The first-order valence-electron chi connectivity index (χ1n) is 8.69. The molecule has 26 heavy (non-hydrogen) atoms. The Morgan fingerprint density at radius 2 is 1.85 bits per heavy atom. The molecule has 0 saturated carbocycles. The molecule has 0 aliphatic rings. The quantitative estimate of drug-likeness (QED) is 0.711. The molecule has 0 saturated heterocycles. The minimum atomic E-state index is -0.266. The smallest absolute Gasteiger partial charge is 0.269 e. The van der Waals surface area contributed by atoms with Crippen LogP contribution in [0.4, 0.5) is 0 Å². The van der Waals surface area contributed by atoms with Crippen molar-refractivity contribution in [2.24, 2.45) is 0 Å². The van der Waals surface area contributed by atoms with Gasteiger partial charge in [-0.3, -0.25) is 14.6 Å². The summed E-state index contributed by atoms with van der Waals surface area (Å²) in [6, 6.07) is 11.0. The Morgan fingerprint density at radius 3 is 2.58 bits per heavy atom. The van der Waals surface area contributed by atoms with Crippen LogP contribution in [0.25, 0.3) is 0 Å². The number of hydrogen-bond donors (Lipinski definition) is 2. The summed E-state index contributed by atoms with van der Waals surface area (Å²) in [4.78, 5) is 30.7. The summed E-state index contributed by atoms with van der Waals surface area (Å²) in [6.45, 7) is 3.92. The van der Waals surface area contributed by atoms with Crippen molar-refractivity contribution in [1.29, 1.82) is 0 Å². The summed E-state index contributed by atoms with van der Waals surface area (Å²) in [6.07, 6.45) is 2.34. The van der Waals surface area contributed by atoms with Crippen molar-refractivity contribution in [3.8, 4) is 0 Å². The normalized spacial score (nSPS) is 10.6. The fourth-order valence-electron chi connectivity index (χ4n) is 2.47. The van der Waals surface area contributed by atoms with Crippen molar-refractivity contribution in [3.05, 3.63) is 65.0 Å². The van der Waals surface area contributed by atoms with Crippen LogP contribution in [0, 0.1) is 6.92 Å². The molecule has 0 fully saturated rings. The first-order chi connectivity index (χ1) is 12.5. The Hall–Kier alpha value is -2.73. The summed E-state index contributed by atoms with van der Waals surface area (Å²) in [5.74, 6) is -0.491. The molecule has 0 aliphatic heterocycles. The fraction of sp³-hybridized carbons (Fsp3) is 0.350. The van der Waals surface area contributed by atoms with Gasteiger partial charge in [0.05, 0.1) is 0 Å². The van der Waals surface area contributed by atoms with Gasteiger partial charge in [-0.1, -0.05) is 24.3 Å². The lowest BCUT2D eigenvalue weighted by Gasteiger charge is -2.10. The highest BCUT2D eigenvalue weighted by Crippen LogP contribution is 2.07. The Kier molecular flexibility index (Phi) is 7.29. The van der Waals surface area contributed by atoms with Crippen LogP contribution < -0.4 is 10.6 Å². The summed E-state index contributed by atoms with van der Waals surface area (Å²) in [5.41, 5.74) is 2.86. The minimum absolute atomic E-state index is 0.225. The van der Waals surface area contributed by atoms with Gasteiger partial charge in [0.15, 0.2) is 0 Å². The van der Waals surface area contributed by atoms with E-state index in [1.54, 1.807) is 6.07 Å². The number of rotatable bonds is 8. The highest BCUT2D eigenvalue weighted by molar-refractivity contribution is 5.98. The van der Waals surface area contributed by atoms with E-state index in [4.69, 9.17) is 0 Å². The molecule has 0 spiro atoms. The SMILES string of the molecule is Cc1ccccc1CNC(=O)c1ccnc(C(=O)NCCCN(C)C)c1. The van der Waals surface area contributed by atoms with Crippen LogP contribution in [-0.4, -0.2) is 48.9 Å². The standard InChI is InChI=1S/C20H26N4O2/c1-15-7-4-5-8-17(15)14-23-19(25)16-9-11-21-18(13-16)20(26)22-10-6-12-24(2)3/h4-5,7-9,11,13H,6,10,12,14H2,1-3H3,(H,22,26)(H,23,25). The first kappa shape index (κ1) is 19.6. The molecular formula is C20H26N4O2. The number of aromatic nitrogens is 1. The van der Waals surface area contributed by atoms with Crippen LogP contribution in [0.2, 0.25) is 0 Å². The largest absolute Gasteiger partial charge is 0.351 e. The highest BCUT2D eigenvalue weighted by Gasteiger charge is 2.12. The molecule has 0 bridgehead atoms. The molecule has 1 aromatic carbocycles. The van der Waals surface area contributed by atoms with E-state index in [1.165, 1.54) is 12.3 Å². The highest BCUT2D eigenvalue weighted by atomic mass is 16.2. The molecule has 138 valence electrons. The zero-order chi connectivity index (χ0) is 18.9. The molecule has 0 aliphatic carbocycles. The molecule has 0 radical (unpaired) electrons. The number of hydrogen-bond acceptors (Lipinski definition) is 4. The molecule has 2 amide bonds. The molecule has 2 N–H and O–H groups in total. The maximum atomic E-state index is 12.4. The number of nitrogens with one attached hydrogen (secondary N) is 2. The van der Waals surface area contributed by atoms with E-state index in [2.05, 4.69) is 20.5 Å². The van der Waals surface area contributed by atoms with Gasteiger partial charge >= 0.3 is 0 Å². The van der Waals surface area contributed by atoms with Gasteiger partial charge in [-0.05, 0) is 57.2 Å². The molecule has 6 nitrogen and oxygen atoms in total. The molecule has 2 aromatic rings. The third kappa shape index (κ3) is 5.97. The summed E-state index contributed by atoms with van der Waals surface area (Å²) >= 11 is 0. The second-order valence-corrected chi connectivity index (χ2v) is 6.45. The van der Waals surface area contributed by atoms with Crippen LogP contribution >= 0.6 is 0 Å². The lowest BCUT2D eigenvalue weighted by molar-refractivity contribution is 0.0947. The lowest BCUT2D eigenvalue weighted by atomic mass is 10.1. The van der Waals surface area contributed by atoms with Crippen molar-refractivity contribution in [3.63, 3.8) is 0 Å². The maximum Gasteiger partial charge on any atom is 0.269 e. The predicted octanol–water partition coefficient (Wildman–Crippen LogP) is 2.00. The zero-order valence-corrected chi connectivity index (χ0v) is 15.6. The number of pyridine rings is 1. The van der Waals surface area contributed by atoms with Gasteiger partial charge in [-0.2, -0.15) is 0 Å². The van der Waals surface area contributed by atoms with E-state index in [-0.39, 0.29) is 17.5 Å². The molecule has 6 heteroatoms. The van der Waals surface area contributed by atoms with E-state index in [0.29, 0.717) is 18.7 Å². The van der Waals surface area contributed by atoms with E-state index >= 15 is 0 Å². The summed E-state index contributed by atoms with van der Waals surface area (Å²) < 4.78 is 0. The van der Waals surface area contributed by atoms with Gasteiger partial charge in [0.25, 0.3) is 11.8 Å². The number of carbonyl (C=O) groups excluding carboxylic acids is 2. The third-order valence-electron chi connectivity index (χ3n) is 4.02. The van der Waals surface area contributed by atoms with Crippen LogP contribution in [-0.2, 0) is 6.54 Å². The molecule has 1 aromatic heterocycles. The average Bonchev–Trinajstić information content (AvgIpc) is 2.64. The molecule has 1 heterocycles. The Bertz CT molecular complexity index is 759. The maximum absolute atomic E-state index is 12.4. The summed E-state index contributed by atoms with van der Waals surface area (Å²) in [7, 11) is 3.98. The van der Waals surface area contributed by atoms with E-state index in [9.17, 15) is 9.59 Å². The Balaban J connectivity index is 1.92. The minimum Gasteiger partial charge on any atom is -0.351 e. The number of carbonyl (C=O) groups is 2. The number of benzene rings is 1. The van der Waals surface area contributed by atoms with Crippen LogP contribution in [0.3, 0.4) is 0 Å². The zero-order valence-electron chi connectivity index (χ0n) is 15.6. The summed E-state index contributed by atoms with van der Waals surface area (Å²) in [5, 5.41) is 5.71. The topological polar surface area (TPSA) is 74.3 Å². The van der Waals surface area contributed by atoms with Gasteiger partial charge in [-0.25, -0.2) is 0 Å². The fourth-order valence-corrected chi connectivity index (χ4v) is 2.47. The first-order valence-corrected chi connectivity index (χ1v) is 8.69. The van der Waals surface area contributed by atoms with Gasteiger partial charge in [0.1, 0.15) is 5.69 Å². The van der Waals surface area contributed by atoms with E-state index in [1.807, 2.05) is 45.3 Å². The number of nitrogens with zero attached hydrogens (tertiary/aromatic N) is 2. The average molecular weight is 354 g/mol. The molecule has 0 atom stereocenters. The molecular weight excluding hydrogens is 328 g/mol. The van der Waals surface area contributed by atoms with Gasteiger partial charge in [0, 0.05) is 24.8 Å². The Labute approximate surface area is 154 Å². The van der Waals surface area contributed by atoms with Gasteiger partial charge < -0.3 is 15.5 Å².